The summed E-state index contributed by atoms with van der Waals surface area (Å²) in [5.74, 6) is -0.0320. The molecule has 0 spiro atoms. The number of ether oxygens (including phenoxy) is 1. The molecule has 0 aromatic heterocycles. The Morgan fingerprint density at radius 3 is 2.39 bits per heavy atom. The van der Waals surface area contributed by atoms with Crippen molar-refractivity contribution in [2.24, 2.45) is 0 Å². The highest BCUT2D eigenvalue weighted by Crippen LogP contribution is 2.28. The lowest BCUT2D eigenvalue weighted by atomic mass is 10.1. The molecule has 3 N–H and O–H groups in total. The number of nitrogens with zero attached hydrogens (tertiary/aromatic N) is 1. The Morgan fingerprint density at radius 1 is 1.11 bits per heavy atom. The third-order valence-corrected chi connectivity index (χ3v) is 4.17. The van der Waals surface area contributed by atoms with Gasteiger partial charge in [-0.2, -0.15) is 0 Å². The van der Waals surface area contributed by atoms with Crippen molar-refractivity contribution in [1.82, 2.24) is 0 Å². The van der Waals surface area contributed by atoms with Crippen molar-refractivity contribution >= 4 is 28.9 Å². The number of methoxy groups -OCH3 is 1. The molecule has 0 fully saturated rings. The summed E-state index contributed by atoms with van der Waals surface area (Å²) >= 11 is 0. The van der Waals surface area contributed by atoms with Crippen LogP contribution >= 0.6 is 0 Å². The molecule has 0 aliphatic heterocycles. The molecule has 0 radical (unpaired) electrons. The predicted molar refractivity (Wildman–Crippen MR) is 109 cm³/mol. The number of amides is 2. The van der Waals surface area contributed by atoms with Crippen LogP contribution in [0.1, 0.15) is 25.3 Å². The van der Waals surface area contributed by atoms with Crippen LogP contribution in [-0.2, 0) is 9.59 Å². The summed E-state index contributed by atoms with van der Waals surface area (Å²) in [6.07, 6.45) is 0.0167. The molecule has 0 unspecified atom stereocenters. The monoisotopic (exact) mass is 383 g/mol. The van der Waals surface area contributed by atoms with Crippen molar-refractivity contribution in [3.8, 4) is 5.75 Å². The fraction of sp³-hybridized carbons (Fsp3) is 0.286. The Balaban J connectivity index is 1.98. The van der Waals surface area contributed by atoms with E-state index in [9.17, 15) is 14.7 Å². The largest absolute Gasteiger partial charge is 0.495 e. The molecule has 0 saturated carbocycles. The molecule has 2 aromatic rings. The highest BCUT2D eigenvalue weighted by molar-refractivity contribution is 5.99. The first kappa shape index (κ1) is 21.1. The lowest BCUT2D eigenvalue weighted by Crippen LogP contribution is -2.34. The number of carbonyl (C=O) groups excluding carboxylic acids is 2. The van der Waals surface area contributed by atoms with Gasteiger partial charge in [-0.1, -0.05) is 24.3 Å². The van der Waals surface area contributed by atoms with Gasteiger partial charge in [0, 0.05) is 30.8 Å². The summed E-state index contributed by atoms with van der Waals surface area (Å²) in [5, 5.41) is 19.6. The van der Waals surface area contributed by atoms with Crippen molar-refractivity contribution in [2.75, 3.05) is 30.5 Å². The Kier molecular flexibility index (Phi) is 7.71. The number of hydrogen-bond donors (Lipinski definition) is 3. The van der Waals surface area contributed by atoms with Crippen LogP contribution in [0.15, 0.2) is 48.5 Å². The molecule has 0 heterocycles. The highest BCUT2D eigenvalue weighted by Gasteiger charge is 2.19. The normalized spacial score (nSPS) is 10.2. The first-order valence-electron chi connectivity index (χ1n) is 8.96. The Bertz CT molecular complexity index is 834. The van der Waals surface area contributed by atoms with Gasteiger partial charge in [0.1, 0.15) is 5.75 Å². The van der Waals surface area contributed by atoms with Crippen LogP contribution in [0.25, 0.3) is 0 Å². The minimum absolute atomic E-state index is 0.00156. The van der Waals surface area contributed by atoms with E-state index in [2.05, 4.69) is 5.32 Å². The fourth-order valence-corrected chi connectivity index (χ4v) is 2.71. The van der Waals surface area contributed by atoms with Gasteiger partial charge < -0.3 is 25.5 Å². The Morgan fingerprint density at radius 2 is 1.79 bits per heavy atom. The lowest BCUT2D eigenvalue weighted by Gasteiger charge is -2.23. The third-order valence-electron chi connectivity index (χ3n) is 4.17. The topological polar surface area (TPSA) is 103 Å². The van der Waals surface area contributed by atoms with Gasteiger partial charge >= 0.3 is 0 Å². The number of aliphatic hydroxyl groups excluding tert-OH is 1. The first-order valence-corrected chi connectivity index (χ1v) is 8.96. The smallest absolute Gasteiger partial charge is 0.227 e. The molecule has 7 nitrogen and oxygen atoms in total. The minimum Gasteiger partial charge on any atom is -0.495 e. The maximum absolute atomic E-state index is 12.6. The average Bonchev–Trinajstić information content (AvgIpc) is 2.70. The van der Waals surface area contributed by atoms with E-state index in [1.54, 1.807) is 55.5 Å². The zero-order valence-corrected chi connectivity index (χ0v) is 16.1. The van der Waals surface area contributed by atoms with E-state index in [4.69, 9.17) is 10.1 Å². The van der Waals surface area contributed by atoms with Gasteiger partial charge in [-0.3, -0.25) is 9.59 Å². The van der Waals surface area contributed by atoms with Crippen molar-refractivity contribution in [2.45, 2.75) is 19.8 Å². The second-order valence-electron chi connectivity index (χ2n) is 6.19. The van der Waals surface area contributed by atoms with Crippen LogP contribution in [0.2, 0.25) is 0 Å². The van der Waals surface area contributed by atoms with E-state index < -0.39 is 0 Å². The van der Waals surface area contributed by atoms with E-state index in [1.165, 1.54) is 12.0 Å². The second-order valence-corrected chi connectivity index (χ2v) is 6.19. The molecule has 0 aliphatic carbocycles. The van der Waals surface area contributed by atoms with Crippen molar-refractivity contribution in [1.29, 1.82) is 5.41 Å². The molecule has 0 atom stereocenters. The SMILES string of the molecule is COc1ccccc1N(CCO)C(=O)CCC(=O)Nc1ccc(C(C)=N)cc1. The van der Waals surface area contributed by atoms with Crippen LogP contribution in [-0.4, -0.2) is 42.9 Å². The van der Waals surface area contributed by atoms with Crippen LogP contribution in [0.3, 0.4) is 0 Å². The standard InChI is InChI=1S/C21H25N3O4/c1-15(22)16-7-9-17(10-8-16)23-20(26)11-12-21(27)24(13-14-25)18-5-3-4-6-19(18)28-2/h3-10,22,25H,11-14H2,1-2H3,(H,23,26). The van der Waals surface area contributed by atoms with E-state index in [0.29, 0.717) is 22.8 Å². The van der Waals surface area contributed by atoms with Crippen LogP contribution in [0.4, 0.5) is 11.4 Å². The number of nitrogens with one attached hydrogen (secondary N) is 2. The molecule has 148 valence electrons. The number of anilines is 2. The van der Waals surface area contributed by atoms with Gasteiger partial charge in [0.25, 0.3) is 0 Å². The third kappa shape index (κ3) is 5.65. The zero-order chi connectivity index (χ0) is 20.5. The van der Waals surface area contributed by atoms with Crippen LogP contribution in [0.5, 0.6) is 5.75 Å². The Labute approximate surface area is 164 Å². The van der Waals surface area contributed by atoms with Crippen LogP contribution < -0.4 is 15.0 Å². The number of aliphatic hydroxyl groups is 1. The fourth-order valence-electron chi connectivity index (χ4n) is 2.71. The molecule has 0 bridgehead atoms. The molecular formula is C21H25N3O4. The van der Waals surface area contributed by atoms with E-state index >= 15 is 0 Å². The van der Waals surface area contributed by atoms with Gasteiger partial charge in [0.15, 0.2) is 0 Å². The quantitative estimate of drug-likeness (QED) is 0.579. The number of benzene rings is 2. The summed E-state index contributed by atoms with van der Waals surface area (Å²) in [7, 11) is 1.51. The summed E-state index contributed by atoms with van der Waals surface area (Å²) < 4.78 is 5.28. The number of hydrogen-bond acceptors (Lipinski definition) is 5. The van der Waals surface area contributed by atoms with Crippen molar-refractivity contribution < 1.29 is 19.4 Å². The predicted octanol–water partition coefficient (Wildman–Crippen LogP) is 2.83. The van der Waals surface area contributed by atoms with Crippen LogP contribution in [0, 0.1) is 5.41 Å². The first-order chi connectivity index (χ1) is 13.5. The molecule has 0 aliphatic rings. The highest BCUT2D eigenvalue weighted by atomic mass is 16.5. The molecule has 7 heteroatoms. The maximum Gasteiger partial charge on any atom is 0.227 e. The lowest BCUT2D eigenvalue weighted by molar-refractivity contribution is -0.122. The molecule has 2 amide bonds. The van der Waals surface area contributed by atoms with Gasteiger partial charge in [-0.05, 0) is 36.8 Å². The van der Waals surface area contributed by atoms with E-state index in [1.807, 2.05) is 0 Å². The van der Waals surface area contributed by atoms with Gasteiger partial charge in [-0.25, -0.2) is 0 Å². The second kappa shape index (κ2) is 10.2. The van der Waals surface area contributed by atoms with Gasteiger partial charge in [0.2, 0.25) is 11.8 Å². The number of para-hydroxylation sites is 2. The molecule has 0 saturated heterocycles. The Hall–Kier alpha value is -3.19. The summed E-state index contributed by atoms with van der Waals surface area (Å²) in [6, 6.07) is 14.0. The average molecular weight is 383 g/mol. The van der Waals surface area contributed by atoms with Crippen molar-refractivity contribution in [3.05, 3.63) is 54.1 Å². The zero-order valence-electron chi connectivity index (χ0n) is 16.1. The van der Waals surface area contributed by atoms with Gasteiger partial charge in [-0.15, -0.1) is 0 Å². The van der Waals surface area contributed by atoms with Crippen molar-refractivity contribution in [3.63, 3.8) is 0 Å². The van der Waals surface area contributed by atoms with E-state index in [-0.39, 0.29) is 37.8 Å². The number of carbonyl (C=O) groups is 2. The summed E-state index contributed by atoms with van der Waals surface area (Å²) in [5.41, 5.74) is 2.40. The molecule has 2 rings (SSSR count). The van der Waals surface area contributed by atoms with Gasteiger partial charge in [0.05, 0.1) is 19.4 Å². The summed E-state index contributed by atoms with van der Waals surface area (Å²) in [4.78, 5) is 26.2. The molecule has 28 heavy (non-hydrogen) atoms. The molecular weight excluding hydrogens is 358 g/mol. The minimum atomic E-state index is -0.281. The molecule has 2 aromatic carbocycles. The maximum atomic E-state index is 12.6. The number of rotatable bonds is 9. The summed E-state index contributed by atoms with van der Waals surface area (Å²) in [6.45, 7) is 1.61. The van der Waals surface area contributed by atoms with E-state index in [0.717, 1.165) is 5.56 Å².